The van der Waals surface area contributed by atoms with Gasteiger partial charge in [-0.05, 0) is 39.2 Å². The molecule has 0 radical (unpaired) electrons. The summed E-state index contributed by atoms with van der Waals surface area (Å²) in [5, 5.41) is 2.68. The van der Waals surface area contributed by atoms with E-state index in [0.717, 1.165) is 25.0 Å². The van der Waals surface area contributed by atoms with E-state index in [1.165, 1.54) is 6.92 Å². The van der Waals surface area contributed by atoms with Crippen LogP contribution < -0.4 is 5.32 Å². The zero-order valence-electron chi connectivity index (χ0n) is 12.3. The lowest BCUT2D eigenvalue weighted by Gasteiger charge is -2.12. The standard InChI is InChI=1S/C15H19ClF3NO/c1-4-9(2)7-11(15(17,18)19)8-13(10(3)16)14(21)20-12-5-6-12/h7-8,12H,4-6H2,1-3H3,(H,20,21). The molecule has 2 nitrogen and oxygen atoms in total. The minimum atomic E-state index is -4.53. The van der Waals surface area contributed by atoms with Crippen molar-refractivity contribution in [2.24, 2.45) is 0 Å². The maximum Gasteiger partial charge on any atom is 0.416 e. The molecule has 0 aromatic rings. The molecule has 1 fully saturated rings. The fourth-order valence-corrected chi connectivity index (χ4v) is 1.68. The Morgan fingerprint density at radius 1 is 1.29 bits per heavy atom. The van der Waals surface area contributed by atoms with Gasteiger partial charge >= 0.3 is 6.18 Å². The maximum atomic E-state index is 13.1. The predicted octanol–water partition coefficient (Wildman–Crippen LogP) is 4.62. The van der Waals surface area contributed by atoms with Crippen molar-refractivity contribution in [3.63, 3.8) is 0 Å². The Morgan fingerprint density at radius 2 is 1.86 bits per heavy atom. The second kappa shape index (κ2) is 7.16. The number of rotatable bonds is 5. The third-order valence-electron chi connectivity index (χ3n) is 3.12. The van der Waals surface area contributed by atoms with Gasteiger partial charge in [-0.25, -0.2) is 0 Å². The van der Waals surface area contributed by atoms with Gasteiger partial charge in [-0.1, -0.05) is 30.2 Å². The van der Waals surface area contributed by atoms with Crippen molar-refractivity contribution in [1.82, 2.24) is 5.32 Å². The fraction of sp³-hybridized carbons (Fsp3) is 0.533. The summed E-state index contributed by atoms with van der Waals surface area (Å²) in [7, 11) is 0. The number of hydrogen-bond acceptors (Lipinski definition) is 1. The minimum Gasteiger partial charge on any atom is -0.349 e. The van der Waals surface area contributed by atoms with Crippen LogP contribution in [0, 0.1) is 0 Å². The summed E-state index contributed by atoms with van der Waals surface area (Å²) in [5.41, 5.74) is -0.438. The lowest BCUT2D eigenvalue weighted by Crippen LogP contribution is -2.27. The average molecular weight is 322 g/mol. The van der Waals surface area contributed by atoms with E-state index in [2.05, 4.69) is 5.32 Å². The third kappa shape index (κ3) is 5.96. The van der Waals surface area contributed by atoms with Crippen LogP contribution in [0.25, 0.3) is 0 Å². The summed E-state index contributed by atoms with van der Waals surface area (Å²) < 4.78 is 39.2. The van der Waals surface area contributed by atoms with E-state index in [0.29, 0.717) is 12.0 Å². The maximum absolute atomic E-state index is 13.1. The Labute approximate surface area is 127 Å². The van der Waals surface area contributed by atoms with Crippen molar-refractivity contribution < 1.29 is 18.0 Å². The van der Waals surface area contributed by atoms with Gasteiger partial charge in [0.1, 0.15) is 0 Å². The Morgan fingerprint density at radius 3 is 2.24 bits per heavy atom. The van der Waals surface area contributed by atoms with Crippen molar-refractivity contribution in [3.05, 3.63) is 33.9 Å². The molecule has 1 saturated carbocycles. The number of amides is 1. The summed E-state index contributed by atoms with van der Waals surface area (Å²) >= 11 is 5.79. The van der Waals surface area contributed by atoms with E-state index in [-0.39, 0.29) is 16.6 Å². The Kier molecular flexibility index (Phi) is 6.08. The number of allylic oxidation sites excluding steroid dienone is 4. The molecule has 0 atom stereocenters. The van der Waals surface area contributed by atoms with E-state index in [1.54, 1.807) is 13.8 Å². The van der Waals surface area contributed by atoms with Crippen LogP contribution in [0.15, 0.2) is 33.9 Å². The van der Waals surface area contributed by atoms with Gasteiger partial charge in [-0.15, -0.1) is 0 Å². The average Bonchev–Trinajstić information content (AvgIpc) is 3.15. The summed E-state index contributed by atoms with van der Waals surface area (Å²) in [5.74, 6) is -0.561. The Hall–Kier alpha value is -1.23. The van der Waals surface area contributed by atoms with Gasteiger partial charge in [-0.3, -0.25) is 4.79 Å². The SMILES string of the molecule is CCC(C)=CC(=CC(C(=O)NC1CC1)=C(C)Cl)C(F)(F)F. The molecule has 0 bridgehead atoms. The number of carbonyl (C=O) groups excluding carboxylic acids is 1. The summed E-state index contributed by atoms with van der Waals surface area (Å²) in [6, 6.07) is 0.0548. The quantitative estimate of drug-likeness (QED) is 0.581. The molecule has 0 spiro atoms. The molecule has 1 N–H and O–H groups in total. The Balaban J connectivity index is 3.14. The van der Waals surface area contributed by atoms with Crippen molar-refractivity contribution in [2.45, 2.75) is 52.3 Å². The molecule has 118 valence electrons. The van der Waals surface area contributed by atoms with Crippen LogP contribution in [0.3, 0.4) is 0 Å². The van der Waals surface area contributed by atoms with Gasteiger partial charge in [0, 0.05) is 11.1 Å². The smallest absolute Gasteiger partial charge is 0.349 e. The second-order valence-corrected chi connectivity index (χ2v) is 5.70. The van der Waals surface area contributed by atoms with Crippen LogP contribution >= 0.6 is 11.6 Å². The molecule has 0 aliphatic heterocycles. The van der Waals surface area contributed by atoms with Crippen LogP contribution in [0.4, 0.5) is 13.2 Å². The van der Waals surface area contributed by atoms with Gasteiger partial charge in [-0.2, -0.15) is 13.2 Å². The number of hydrogen-bond donors (Lipinski definition) is 1. The molecule has 1 aliphatic carbocycles. The first-order valence-electron chi connectivity index (χ1n) is 6.78. The van der Waals surface area contributed by atoms with E-state index >= 15 is 0 Å². The largest absolute Gasteiger partial charge is 0.416 e. The number of nitrogens with one attached hydrogen (secondary N) is 1. The molecule has 0 heterocycles. The highest BCUT2D eigenvalue weighted by Crippen LogP contribution is 2.30. The zero-order valence-corrected chi connectivity index (χ0v) is 13.0. The first kappa shape index (κ1) is 17.8. The van der Waals surface area contributed by atoms with Gasteiger partial charge in [0.05, 0.1) is 11.1 Å². The van der Waals surface area contributed by atoms with Crippen LogP contribution in [-0.4, -0.2) is 18.1 Å². The molecular formula is C15H19ClF3NO. The van der Waals surface area contributed by atoms with Crippen molar-refractivity contribution >= 4 is 17.5 Å². The van der Waals surface area contributed by atoms with Crippen molar-refractivity contribution in [2.75, 3.05) is 0 Å². The van der Waals surface area contributed by atoms with Crippen molar-refractivity contribution in [1.29, 1.82) is 0 Å². The predicted molar refractivity (Wildman–Crippen MR) is 77.9 cm³/mol. The molecule has 0 unspecified atom stereocenters. The summed E-state index contributed by atoms with van der Waals surface area (Å²) in [4.78, 5) is 12.0. The lowest BCUT2D eigenvalue weighted by atomic mass is 10.1. The minimum absolute atomic E-state index is 0.0393. The van der Waals surface area contributed by atoms with Gasteiger partial charge in [0.15, 0.2) is 0 Å². The van der Waals surface area contributed by atoms with Crippen LogP contribution in [0.5, 0.6) is 0 Å². The first-order chi connectivity index (χ1) is 9.65. The lowest BCUT2D eigenvalue weighted by molar-refractivity contribution is -0.117. The molecule has 1 amide bonds. The third-order valence-corrected chi connectivity index (χ3v) is 3.32. The molecule has 1 aliphatic rings. The number of alkyl halides is 3. The van der Waals surface area contributed by atoms with E-state index in [4.69, 9.17) is 11.6 Å². The highest BCUT2D eigenvalue weighted by molar-refractivity contribution is 6.32. The topological polar surface area (TPSA) is 29.1 Å². The number of carbonyl (C=O) groups is 1. The van der Waals surface area contributed by atoms with Gasteiger partial charge < -0.3 is 5.32 Å². The summed E-state index contributed by atoms with van der Waals surface area (Å²) in [6.45, 7) is 4.79. The van der Waals surface area contributed by atoms with Gasteiger partial charge in [0.2, 0.25) is 0 Å². The molecule has 21 heavy (non-hydrogen) atoms. The monoisotopic (exact) mass is 321 g/mol. The first-order valence-corrected chi connectivity index (χ1v) is 7.16. The van der Waals surface area contributed by atoms with E-state index in [1.807, 2.05) is 0 Å². The second-order valence-electron chi connectivity index (χ2n) is 5.14. The molecule has 0 aromatic heterocycles. The van der Waals surface area contributed by atoms with Crippen LogP contribution in [0.2, 0.25) is 0 Å². The molecule has 1 rings (SSSR count). The molecule has 0 saturated heterocycles. The highest BCUT2D eigenvalue weighted by Gasteiger charge is 2.33. The fourth-order valence-electron chi connectivity index (χ4n) is 1.54. The zero-order chi connectivity index (χ0) is 16.2. The summed E-state index contributed by atoms with van der Waals surface area (Å²) in [6.07, 6.45) is -0.464. The molecular weight excluding hydrogens is 303 g/mol. The van der Waals surface area contributed by atoms with Crippen molar-refractivity contribution in [3.8, 4) is 0 Å². The number of halogens is 4. The van der Waals surface area contributed by atoms with E-state index < -0.39 is 17.7 Å². The van der Waals surface area contributed by atoms with Crippen LogP contribution in [-0.2, 0) is 4.79 Å². The normalized spacial score (nSPS) is 18.4. The molecule has 6 heteroatoms. The van der Waals surface area contributed by atoms with E-state index in [9.17, 15) is 18.0 Å². The van der Waals surface area contributed by atoms with Gasteiger partial charge in [0.25, 0.3) is 5.91 Å². The Bertz CT molecular complexity index is 496. The van der Waals surface area contributed by atoms with Crippen LogP contribution in [0.1, 0.15) is 40.0 Å². The highest BCUT2D eigenvalue weighted by atomic mass is 35.5. The molecule has 0 aromatic carbocycles.